The minimum atomic E-state index is 0.883. The first-order chi connectivity index (χ1) is 27.5. The van der Waals surface area contributed by atoms with E-state index in [1.54, 1.807) is 0 Å². The number of allylic oxidation sites excluding steroid dienone is 7. The Labute approximate surface area is 332 Å². The van der Waals surface area contributed by atoms with Crippen molar-refractivity contribution < 1.29 is 0 Å². The molecule has 8 rings (SSSR count). The second kappa shape index (κ2) is 16.4. The maximum absolute atomic E-state index is 5.45. The summed E-state index contributed by atoms with van der Waals surface area (Å²) in [7, 11) is 0. The topological polar surface area (TPSA) is 12.4 Å². The van der Waals surface area contributed by atoms with Crippen LogP contribution in [0.25, 0.3) is 60.6 Å². The highest BCUT2D eigenvalue weighted by atomic mass is 14.8. The Morgan fingerprint density at radius 2 is 1.20 bits per heavy atom. The van der Waals surface area contributed by atoms with Crippen LogP contribution in [0.1, 0.15) is 60.1 Å². The number of hydrogen-bond donors (Lipinski definition) is 0. The molecule has 0 saturated carbocycles. The fraction of sp³-hybridized carbons (Fsp3) is 0.109. The molecule has 0 amide bonds. The van der Waals surface area contributed by atoms with Gasteiger partial charge in [0.15, 0.2) is 0 Å². The summed E-state index contributed by atoms with van der Waals surface area (Å²) >= 11 is 0. The molecular formula is C55H47N. The van der Waals surface area contributed by atoms with Gasteiger partial charge >= 0.3 is 0 Å². The van der Waals surface area contributed by atoms with E-state index < -0.39 is 0 Å². The molecule has 272 valence electrons. The van der Waals surface area contributed by atoms with Crippen LogP contribution in [-0.2, 0) is 12.8 Å². The number of hydrogen-bond acceptors (Lipinski definition) is 1. The SMILES string of the molecule is C=C/C(=C\C=C/C)c1ccc(C(=C)/C=C(\N=C(C)c2cccc(-c3c4c(c(-c5ccccc5)c5ccccc35)CCCC4)c2)c2cccc3ccccc23)cc1. The summed E-state index contributed by atoms with van der Waals surface area (Å²) in [6, 6.07) is 52.5. The Morgan fingerprint density at radius 1 is 0.607 bits per heavy atom. The van der Waals surface area contributed by atoms with E-state index in [9.17, 15) is 0 Å². The van der Waals surface area contributed by atoms with E-state index in [2.05, 4.69) is 178 Å². The number of rotatable bonds is 10. The smallest absolute Gasteiger partial charge is 0.0717 e. The Kier molecular flexibility index (Phi) is 10.7. The number of aliphatic imine (C=N–C) groups is 1. The average molecular weight is 722 g/mol. The predicted octanol–water partition coefficient (Wildman–Crippen LogP) is 14.9. The summed E-state index contributed by atoms with van der Waals surface area (Å²) in [6.07, 6.45) is 14.8. The molecule has 1 aliphatic carbocycles. The van der Waals surface area contributed by atoms with Gasteiger partial charge in [0.25, 0.3) is 0 Å². The third-order valence-electron chi connectivity index (χ3n) is 11.1. The molecule has 0 bridgehead atoms. The molecule has 0 fully saturated rings. The number of fused-ring (bicyclic) bond motifs is 3. The molecule has 1 heteroatoms. The third-order valence-corrected chi connectivity index (χ3v) is 11.1. The van der Waals surface area contributed by atoms with Crippen LogP contribution in [0.15, 0.2) is 194 Å². The van der Waals surface area contributed by atoms with E-state index >= 15 is 0 Å². The summed E-state index contributed by atoms with van der Waals surface area (Å²) in [5.74, 6) is 0. The summed E-state index contributed by atoms with van der Waals surface area (Å²) < 4.78 is 0. The van der Waals surface area contributed by atoms with Crippen molar-refractivity contribution in [1.29, 1.82) is 0 Å². The molecule has 7 aromatic rings. The standard InChI is InChI=1S/C55H47N/c1-5-7-19-40(6-2)42-34-32-41(33-35-42)38(3)36-53(48-31-18-23-43-20-11-12-26-47(43)48)56-39(4)45-24-17-25-46(37-45)55-51-29-15-13-27-49(51)54(44-21-9-8-10-22-44)50-28-14-16-30-52(50)55/h5-13,15,17-27,29,31-37H,2-3,14,16,28,30H2,1,4H3/b7-5-,40-19+,53-36-,56-39?. The first kappa shape index (κ1) is 36.4. The molecule has 0 aromatic heterocycles. The van der Waals surface area contributed by atoms with Crippen LogP contribution in [0.5, 0.6) is 0 Å². The summed E-state index contributed by atoms with van der Waals surface area (Å²) in [6.45, 7) is 12.7. The van der Waals surface area contributed by atoms with Crippen molar-refractivity contribution in [2.75, 3.05) is 0 Å². The van der Waals surface area contributed by atoms with Crippen LogP contribution < -0.4 is 0 Å². The zero-order chi connectivity index (χ0) is 38.4. The van der Waals surface area contributed by atoms with E-state index in [4.69, 9.17) is 4.99 Å². The third kappa shape index (κ3) is 7.29. The highest BCUT2D eigenvalue weighted by Crippen LogP contribution is 2.45. The highest BCUT2D eigenvalue weighted by molar-refractivity contribution is 6.10. The van der Waals surface area contributed by atoms with Crippen molar-refractivity contribution in [3.05, 3.63) is 223 Å². The largest absolute Gasteiger partial charge is 0.252 e. The van der Waals surface area contributed by atoms with Crippen molar-refractivity contribution in [2.45, 2.75) is 39.5 Å². The summed E-state index contributed by atoms with van der Waals surface area (Å²) in [5, 5.41) is 4.99. The number of nitrogens with zero attached hydrogens (tertiary/aromatic N) is 1. The molecule has 56 heavy (non-hydrogen) atoms. The molecule has 0 aliphatic heterocycles. The Bertz CT molecular complexity index is 2710. The van der Waals surface area contributed by atoms with Crippen molar-refractivity contribution >= 4 is 44.1 Å². The van der Waals surface area contributed by atoms with Crippen LogP contribution in [-0.4, -0.2) is 5.71 Å². The fourth-order valence-corrected chi connectivity index (χ4v) is 8.34. The Hall–Kier alpha value is -6.57. The van der Waals surface area contributed by atoms with Crippen molar-refractivity contribution in [2.24, 2.45) is 4.99 Å². The van der Waals surface area contributed by atoms with E-state index in [1.807, 2.05) is 25.2 Å². The van der Waals surface area contributed by atoms with Crippen LogP contribution in [0.3, 0.4) is 0 Å². The maximum atomic E-state index is 5.45. The molecular weight excluding hydrogens is 675 g/mol. The van der Waals surface area contributed by atoms with Gasteiger partial charge < -0.3 is 0 Å². The second-order valence-corrected chi connectivity index (χ2v) is 14.6. The molecule has 0 spiro atoms. The quantitative estimate of drug-likeness (QED) is 0.0985. The van der Waals surface area contributed by atoms with Crippen LogP contribution in [0, 0.1) is 0 Å². The van der Waals surface area contributed by atoms with Gasteiger partial charge in [-0.2, -0.15) is 0 Å². The monoisotopic (exact) mass is 721 g/mol. The summed E-state index contributed by atoms with van der Waals surface area (Å²) in [4.78, 5) is 5.45. The lowest BCUT2D eigenvalue weighted by molar-refractivity contribution is 0.689. The Balaban J connectivity index is 1.24. The first-order valence-corrected chi connectivity index (χ1v) is 19.8. The van der Waals surface area contributed by atoms with Gasteiger partial charge in [0.2, 0.25) is 0 Å². The van der Waals surface area contributed by atoms with Crippen molar-refractivity contribution in [1.82, 2.24) is 0 Å². The van der Waals surface area contributed by atoms with Crippen LogP contribution in [0.2, 0.25) is 0 Å². The van der Waals surface area contributed by atoms with Gasteiger partial charge in [-0.05, 0) is 134 Å². The Morgan fingerprint density at radius 3 is 1.89 bits per heavy atom. The molecule has 0 heterocycles. The minimum absolute atomic E-state index is 0.883. The van der Waals surface area contributed by atoms with Gasteiger partial charge in [0.05, 0.1) is 5.70 Å². The van der Waals surface area contributed by atoms with Gasteiger partial charge in [0.1, 0.15) is 0 Å². The lowest BCUT2D eigenvalue weighted by Gasteiger charge is -2.26. The molecule has 0 unspecified atom stereocenters. The van der Waals surface area contributed by atoms with Gasteiger partial charge in [-0.25, -0.2) is 0 Å². The maximum Gasteiger partial charge on any atom is 0.0717 e. The van der Waals surface area contributed by atoms with Gasteiger partial charge in [-0.1, -0.05) is 177 Å². The van der Waals surface area contributed by atoms with E-state index in [-0.39, 0.29) is 0 Å². The average Bonchev–Trinajstić information content (AvgIpc) is 3.25. The zero-order valence-electron chi connectivity index (χ0n) is 32.4. The molecule has 1 nitrogen and oxygen atoms in total. The van der Waals surface area contributed by atoms with E-state index in [0.717, 1.165) is 63.0 Å². The fourth-order valence-electron chi connectivity index (χ4n) is 8.34. The van der Waals surface area contributed by atoms with Gasteiger partial charge in [-0.3, -0.25) is 4.99 Å². The van der Waals surface area contributed by atoms with Crippen LogP contribution in [0.4, 0.5) is 0 Å². The highest BCUT2D eigenvalue weighted by Gasteiger charge is 2.23. The van der Waals surface area contributed by atoms with Crippen molar-refractivity contribution in [3.8, 4) is 22.3 Å². The number of benzene rings is 7. The molecule has 1 aliphatic rings. The van der Waals surface area contributed by atoms with E-state index in [1.165, 1.54) is 62.4 Å². The second-order valence-electron chi connectivity index (χ2n) is 14.6. The molecule has 0 atom stereocenters. The molecule has 0 radical (unpaired) electrons. The van der Waals surface area contributed by atoms with Gasteiger partial charge in [-0.15, -0.1) is 0 Å². The lowest BCUT2D eigenvalue weighted by Crippen LogP contribution is -2.08. The molecule has 0 saturated heterocycles. The lowest BCUT2D eigenvalue weighted by atomic mass is 9.78. The molecule has 0 N–H and O–H groups in total. The zero-order valence-corrected chi connectivity index (χ0v) is 32.4. The summed E-state index contributed by atoms with van der Waals surface area (Å²) in [5.41, 5.74) is 16.5. The van der Waals surface area contributed by atoms with Crippen LogP contribution >= 0.6 is 0 Å². The first-order valence-electron chi connectivity index (χ1n) is 19.8. The minimum Gasteiger partial charge on any atom is -0.252 e. The predicted molar refractivity (Wildman–Crippen MR) is 244 cm³/mol. The van der Waals surface area contributed by atoms with Gasteiger partial charge in [0, 0.05) is 11.3 Å². The normalized spacial score (nSPS) is 13.6. The van der Waals surface area contributed by atoms with E-state index in [0.29, 0.717) is 0 Å². The molecule has 7 aromatic carbocycles. The van der Waals surface area contributed by atoms with Crippen molar-refractivity contribution in [3.63, 3.8) is 0 Å².